The first kappa shape index (κ1) is 12.8. The molecule has 0 saturated carbocycles. The number of aliphatic hydroxyl groups excluding tert-OH is 2. The Morgan fingerprint density at radius 2 is 2.00 bits per heavy atom. The second kappa shape index (κ2) is 5.80. The highest BCUT2D eigenvalue weighted by atomic mass is 35.5. The molecule has 94 valence electrons. The Hall–Kier alpha value is -0.650. The fourth-order valence-corrected chi connectivity index (χ4v) is 2.07. The quantitative estimate of drug-likeness (QED) is 0.618. The summed E-state index contributed by atoms with van der Waals surface area (Å²) in [4.78, 5) is 0. The molecule has 0 aromatic heterocycles. The first-order valence-corrected chi connectivity index (χ1v) is 6.09. The van der Waals surface area contributed by atoms with Crippen molar-refractivity contribution in [1.82, 2.24) is 10.6 Å². The second-order valence-corrected chi connectivity index (χ2v) is 4.77. The van der Waals surface area contributed by atoms with E-state index in [1.54, 1.807) is 0 Å². The van der Waals surface area contributed by atoms with E-state index in [9.17, 15) is 10.2 Å². The van der Waals surface area contributed by atoms with Crippen LogP contribution in [0.5, 0.6) is 0 Å². The van der Waals surface area contributed by atoms with Crippen LogP contribution in [0.4, 0.5) is 0 Å². The second-order valence-electron chi connectivity index (χ2n) is 4.33. The molecule has 0 amide bonds. The van der Waals surface area contributed by atoms with Crippen LogP contribution < -0.4 is 10.6 Å². The van der Waals surface area contributed by atoms with Gasteiger partial charge in [-0.15, -0.1) is 0 Å². The molecular weight excluding hydrogens is 240 g/mol. The first-order chi connectivity index (χ1) is 8.16. The monoisotopic (exact) mass is 256 g/mol. The van der Waals surface area contributed by atoms with E-state index >= 15 is 0 Å². The average molecular weight is 257 g/mol. The van der Waals surface area contributed by atoms with Gasteiger partial charge in [0.2, 0.25) is 0 Å². The van der Waals surface area contributed by atoms with Crippen molar-refractivity contribution < 1.29 is 10.2 Å². The summed E-state index contributed by atoms with van der Waals surface area (Å²) in [7, 11) is 0. The molecule has 2 rings (SSSR count). The number of rotatable bonds is 4. The van der Waals surface area contributed by atoms with Crippen LogP contribution in [-0.4, -0.2) is 41.6 Å². The van der Waals surface area contributed by atoms with Crippen molar-refractivity contribution in [3.05, 3.63) is 34.9 Å². The van der Waals surface area contributed by atoms with Crippen LogP contribution in [0.1, 0.15) is 5.56 Å². The zero-order valence-electron chi connectivity index (χ0n) is 9.44. The van der Waals surface area contributed by atoms with E-state index in [1.165, 1.54) is 0 Å². The van der Waals surface area contributed by atoms with Crippen molar-refractivity contribution in [2.45, 2.75) is 24.8 Å². The number of halogens is 1. The van der Waals surface area contributed by atoms with Crippen LogP contribution in [0.15, 0.2) is 24.3 Å². The smallest absolute Gasteiger partial charge is 0.0976 e. The Bertz CT molecular complexity index is 358. The van der Waals surface area contributed by atoms with Gasteiger partial charge in [0, 0.05) is 30.7 Å². The molecular formula is C12H17ClN2O2. The lowest BCUT2D eigenvalue weighted by Gasteiger charge is -2.16. The van der Waals surface area contributed by atoms with Crippen LogP contribution >= 0.6 is 11.6 Å². The highest BCUT2D eigenvalue weighted by Gasteiger charge is 2.32. The van der Waals surface area contributed by atoms with Gasteiger partial charge in [-0.05, 0) is 17.7 Å². The minimum Gasteiger partial charge on any atom is -0.389 e. The van der Waals surface area contributed by atoms with Crippen LogP contribution in [0.3, 0.4) is 0 Å². The molecule has 1 aromatic carbocycles. The number of hydrogen-bond donors (Lipinski definition) is 4. The van der Waals surface area contributed by atoms with E-state index in [4.69, 9.17) is 11.6 Å². The molecule has 0 unspecified atom stereocenters. The van der Waals surface area contributed by atoms with Crippen molar-refractivity contribution in [2.75, 3.05) is 13.1 Å². The summed E-state index contributed by atoms with van der Waals surface area (Å²) in [5.41, 5.74) is 1.14. The van der Waals surface area contributed by atoms with Gasteiger partial charge < -0.3 is 20.8 Å². The highest BCUT2D eigenvalue weighted by Crippen LogP contribution is 2.10. The molecule has 1 heterocycles. The lowest BCUT2D eigenvalue weighted by Crippen LogP contribution is -2.41. The molecule has 1 aliphatic heterocycles. The SMILES string of the molecule is O[C@H]1[C@@H](O)CN[C@@H]1CNCc1ccc(Cl)cc1. The molecule has 3 atom stereocenters. The van der Waals surface area contributed by atoms with Crippen molar-refractivity contribution >= 4 is 11.6 Å². The van der Waals surface area contributed by atoms with Crippen LogP contribution in [0.25, 0.3) is 0 Å². The van der Waals surface area contributed by atoms with Crippen molar-refractivity contribution in [1.29, 1.82) is 0 Å². The molecule has 0 bridgehead atoms. The molecule has 17 heavy (non-hydrogen) atoms. The predicted octanol–water partition coefficient (Wildman–Crippen LogP) is 0.123. The van der Waals surface area contributed by atoms with Crippen molar-refractivity contribution in [3.63, 3.8) is 0 Å². The number of nitrogens with one attached hydrogen (secondary N) is 2. The fraction of sp³-hybridized carbons (Fsp3) is 0.500. The van der Waals surface area contributed by atoms with Crippen molar-refractivity contribution in [3.8, 4) is 0 Å². The molecule has 1 saturated heterocycles. The van der Waals surface area contributed by atoms with Gasteiger partial charge >= 0.3 is 0 Å². The summed E-state index contributed by atoms with van der Waals surface area (Å²) < 4.78 is 0. The number of benzene rings is 1. The topological polar surface area (TPSA) is 64.5 Å². The maximum atomic E-state index is 9.62. The van der Waals surface area contributed by atoms with E-state index in [1.807, 2.05) is 24.3 Å². The standard InChI is InChI=1S/C12H17ClN2O2/c13-9-3-1-8(2-4-9)5-14-6-10-12(17)11(16)7-15-10/h1-4,10-12,14-17H,5-7H2/t10-,11+,12-/m1/s1. The van der Waals surface area contributed by atoms with Gasteiger partial charge in [-0.25, -0.2) is 0 Å². The summed E-state index contributed by atoms with van der Waals surface area (Å²) in [6.45, 7) is 1.80. The molecule has 0 aliphatic carbocycles. The summed E-state index contributed by atoms with van der Waals surface area (Å²) in [6.07, 6.45) is -1.34. The minimum absolute atomic E-state index is 0.0858. The number of β-amino-alcohol motifs (C(OH)–C–C–N with tert-alkyl or cyclic N) is 1. The lowest BCUT2D eigenvalue weighted by molar-refractivity contribution is 0.0407. The largest absolute Gasteiger partial charge is 0.389 e. The van der Waals surface area contributed by atoms with Gasteiger partial charge in [-0.3, -0.25) is 0 Å². The average Bonchev–Trinajstić information content (AvgIpc) is 2.64. The summed E-state index contributed by atoms with van der Waals surface area (Å²) in [5.74, 6) is 0. The van der Waals surface area contributed by atoms with E-state index in [0.29, 0.717) is 13.1 Å². The van der Waals surface area contributed by atoms with Gasteiger partial charge in [0.1, 0.15) is 0 Å². The molecule has 1 aromatic rings. The molecule has 1 aliphatic rings. The van der Waals surface area contributed by atoms with Gasteiger partial charge in [-0.1, -0.05) is 23.7 Å². The Kier molecular flexibility index (Phi) is 4.36. The van der Waals surface area contributed by atoms with Crippen LogP contribution in [0.2, 0.25) is 5.02 Å². The van der Waals surface area contributed by atoms with Gasteiger partial charge in [-0.2, -0.15) is 0 Å². The molecule has 1 fully saturated rings. The maximum absolute atomic E-state index is 9.62. The summed E-state index contributed by atoms with van der Waals surface area (Å²) in [5, 5.41) is 26.0. The zero-order valence-corrected chi connectivity index (χ0v) is 10.2. The summed E-state index contributed by atoms with van der Waals surface area (Å²) >= 11 is 5.79. The molecule has 0 spiro atoms. The number of aliphatic hydroxyl groups is 2. The maximum Gasteiger partial charge on any atom is 0.0976 e. The Labute approximate surface area is 106 Å². The Balaban J connectivity index is 1.74. The normalized spacial score (nSPS) is 28.5. The van der Waals surface area contributed by atoms with Gasteiger partial charge in [0.25, 0.3) is 0 Å². The van der Waals surface area contributed by atoms with Gasteiger partial charge in [0.05, 0.1) is 12.2 Å². The van der Waals surface area contributed by atoms with Crippen LogP contribution in [0, 0.1) is 0 Å². The molecule has 4 N–H and O–H groups in total. The van der Waals surface area contributed by atoms with Crippen LogP contribution in [-0.2, 0) is 6.54 Å². The molecule has 4 nitrogen and oxygen atoms in total. The third-order valence-electron chi connectivity index (χ3n) is 3.00. The van der Waals surface area contributed by atoms with Crippen molar-refractivity contribution in [2.24, 2.45) is 0 Å². The predicted molar refractivity (Wildman–Crippen MR) is 67.0 cm³/mol. The summed E-state index contributed by atoms with van der Waals surface area (Å²) in [6, 6.07) is 7.54. The van der Waals surface area contributed by atoms with E-state index in [2.05, 4.69) is 10.6 Å². The van der Waals surface area contributed by atoms with Gasteiger partial charge in [0.15, 0.2) is 0 Å². The Morgan fingerprint density at radius 1 is 1.29 bits per heavy atom. The van der Waals surface area contributed by atoms with E-state index < -0.39 is 12.2 Å². The number of hydrogen-bond acceptors (Lipinski definition) is 4. The minimum atomic E-state index is -0.687. The lowest BCUT2D eigenvalue weighted by atomic mass is 10.1. The fourth-order valence-electron chi connectivity index (χ4n) is 1.95. The van der Waals surface area contributed by atoms with E-state index in [0.717, 1.165) is 17.1 Å². The third kappa shape index (κ3) is 3.40. The first-order valence-electron chi connectivity index (χ1n) is 5.71. The molecule has 0 radical (unpaired) electrons. The Morgan fingerprint density at radius 3 is 2.59 bits per heavy atom. The molecule has 5 heteroatoms. The third-order valence-corrected chi connectivity index (χ3v) is 3.25. The zero-order chi connectivity index (χ0) is 12.3. The highest BCUT2D eigenvalue weighted by molar-refractivity contribution is 6.30. The van der Waals surface area contributed by atoms with E-state index in [-0.39, 0.29) is 6.04 Å².